The summed E-state index contributed by atoms with van der Waals surface area (Å²) < 4.78 is 13.7. The van der Waals surface area contributed by atoms with Crippen LogP contribution in [0.25, 0.3) is 0 Å². The molecule has 18 heavy (non-hydrogen) atoms. The molecule has 1 N–H and O–H groups in total. The lowest BCUT2D eigenvalue weighted by molar-refractivity contribution is -0.115. The molecule has 1 heterocycles. The molecule has 0 radical (unpaired) electrons. The highest BCUT2D eigenvalue weighted by molar-refractivity contribution is 9.10. The topological polar surface area (TPSA) is 42.0 Å². The monoisotopic (exact) mass is 308 g/mol. The van der Waals surface area contributed by atoms with Gasteiger partial charge in [0, 0.05) is 16.9 Å². The molecule has 2 rings (SSSR count). The first kappa shape index (κ1) is 12.7. The summed E-state index contributed by atoms with van der Waals surface area (Å²) in [5.41, 5.74) is 1.23. The summed E-state index contributed by atoms with van der Waals surface area (Å²) >= 11 is 3.25. The molecule has 3 nitrogen and oxygen atoms in total. The molecule has 2 aromatic rings. The fourth-order valence-electron chi connectivity index (χ4n) is 1.48. The van der Waals surface area contributed by atoms with E-state index in [1.165, 1.54) is 12.1 Å². The van der Waals surface area contributed by atoms with Crippen LogP contribution in [0.1, 0.15) is 5.56 Å². The Morgan fingerprint density at radius 1 is 1.39 bits per heavy atom. The molecule has 0 unspecified atom stereocenters. The van der Waals surface area contributed by atoms with E-state index in [2.05, 4.69) is 26.2 Å². The highest BCUT2D eigenvalue weighted by Gasteiger charge is 2.07. The number of pyridine rings is 1. The number of rotatable bonds is 3. The van der Waals surface area contributed by atoms with Crippen LogP contribution in [0.4, 0.5) is 10.1 Å². The third-order valence-corrected chi connectivity index (χ3v) is 2.98. The molecule has 1 aromatic heterocycles. The maximum Gasteiger partial charge on any atom is 0.228 e. The van der Waals surface area contributed by atoms with Crippen molar-refractivity contribution in [2.24, 2.45) is 0 Å². The van der Waals surface area contributed by atoms with Crippen molar-refractivity contribution in [1.82, 2.24) is 4.98 Å². The average molecular weight is 309 g/mol. The van der Waals surface area contributed by atoms with E-state index in [0.717, 1.165) is 5.56 Å². The molecule has 1 amide bonds. The zero-order chi connectivity index (χ0) is 13.0. The van der Waals surface area contributed by atoms with Crippen LogP contribution in [0.15, 0.2) is 47.2 Å². The van der Waals surface area contributed by atoms with Gasteiger partial charge in [-0.2, -0.15) is 0 Å². The number of carbonyl (C=O) groups is 1. The van der Waals surface area contributed by atoms with E-state index in [-0.39, 0.29) is 12.3 Å². The van der Waals surface area contributed by atoms with Crippen molar-refractivity contribution >= 4 is 27.5 Å². The van der Waals surface area contributed by atoms with E-state index < -0.39 is 5.82 Å². The van der Waals surface area contributed by atoms with Gasteiger partial charge in [-0.05, 0) is 45.8 Å². The van der Waals surface area contributed by atoms with Gasteiger partial charge in [-0.1, -0.05) is 6.07 Å². The van der Waals surface area contributed by atoms with Crippen LogP contribution in [0.2, 0.25) is 0 Å². The van der Waals surface area contributed by atoms with Crippen molar-refractivity contribution < 1.29 is 9.18 Å². The second kappa shape index (κ2) is 5.73. The molecular weight excluding hydrogens is 299 g/mol. The maximum atomic E-state index is 13.0. The zero-order valence-electron chi connectivity index (χ0n) is 9.36. The second-order valence-electron chi connectivity index (χ2n) is 3.71. The van der Waals surface area contributed by atoms with Crippen LogP contribution in [-0.4, -0.2) is 10.9 Å². The number of carbonyl (C=O) groups excluding carboxylic acids is 1. The highest BCUT2D eigenvalue weighted by atomic mass is 79.9. The van der Waals surface area contributed by atoms with Crippen LogP contribution >= 0.6 is 15.9 Å². The Morgan fingerprint density at radius 3 is 2.94 bits per heavy atom. The van der Waals surface area contributed by atoms with Crippen LogP contribution in [0, 0.1) is 5.82 Å². The summed E-state index contributed by atoms with van der Waals surface area (Å²) in [7, 11) is 0. The number of nitrogens with one attached hydrogen (secondary N) is 1. The predicted octanol–water partition coefficient (Wildman–Crippen LogP) is 3.16. The number of hydrogen-bond acceptors (Lipinski definition) is 2. The minimum atomic E-state index is -0.394. The van der Waals surface area contributed by atoms with Crippen molar-refractivity contribution in [1.29, 1.82) is 0 Å². The molecule has 0 aliphatic carbocycles. The molecular formula is C13H10BrFN2O. The quantitative estimate of drug-likeness (QED) is 0.946. The highest BCUT2D eigenvalue weighted by Crippen LogP contribution is 2.23. The minimum absolute atomic E-state index is 0.205. The number of nitrogens with zero attached hydrogens (tertiary/aromatic N) is 1. The summed E-state index contributed by atoms with van der Waals surface area (Å²) in [5, 5.41) is 2.65. The van der Waals surface area contributed by atoms with Crippen molar-refractivity contribution in [3.05, 3.63) is 58.6 Å². The number of halogens is 2. The first-order valence-corrected chi connectivity index (χ1v) is 6.08. The first-order valence-electron chi connectivity index (χ1n) is 5.29. The summed E-state index contributed by atoms with van der Waals surface area (Å²) in [6.45, 7) is 0. The molecule has 0 bridgehead atoms. The van der Waals surface area contributed by atoms with E-state index in [1.807, 2.05) is 6.07 Å². The Kier molecular flexibility index (Phi) is 4.04. The third-order valence-electron chi connectivity index (χ3n) is 2.29. The Morgan fingerprint density at radius 2 is 2.22 bits per heavy atom. The number of amides is 1. The van der Waals surface area contributed by atoms with Crippen LogP contribution in [0.3, 0.4) is 0 Å². The Balaban J connectivity index is 2.05. The number of hydrogen-bond donors (Lipinski definition) is 1. The molecule has 0 aliphatic heterocycles. The summed E-state index contributed by atoms with van der Waals surface area (Å²) in [5.74, 6) is -0.607. The molecule has 1 aromatic carbocycles. The molecule has 0 aliphatic rings. The van der Waals surface area contributed by atoms with Crippen molar-refractivity contribution in [3.8, 4) is 0 Å². The maximum absolute atomic E-state index is 13.0. The van der Waals surface area contributed by atoms with Crippen molar-refractivity contribution in [2.45, 2.75) is 6.42 Å². The lowest BCUT2D eigenvalue weighted by Crippen LogP contribution is -2.14. The summed E-state index contributed by atoms with van der Waals surface area (Å²) in [4.78, 5) is 15.7. The van der Waals surface area contributed by atoms with Crippen LogP contribution < -0.4 is 5.32 Å². The van der Waals surface area contributed by atoms with Gasteiger partial charge in [0.2, 0.25) is 5.91 Å². The Labute approximate surface area is 112 Å². The van der Waals surface area contributed by atoms with Gasteiger partial charge in [-0.15, -0.1) is 0 Å². The predicted molar refractivity (Wildman–Crippen MR) is 70.7 cm³/mol. The molecule has 0 saturated carbocycles. The summed E-state index contributed by atoms with van der Waals surface area (Å²) in [6.07, 6.45) is 3.47. The standard InChI is InChI=1S/C13H10BrFN2O/c14-11-4-3-10(15)7-12(11)17-13(18)6-9-2-1-5-16-8-9/h1-5,7-8H,6H2,(H,17,18). The van der Waals surface area contributed by atoms with E-state index in [0.29, 0.717) is 10.2 Å². The van der Waals surface area contributed by atoms with Crippen molar-refractivity contribution in [3.63, 3.8) is 0 Å². The van der Waals surface area contributed by atoms with E-state index in [1.54, 1.807) is 24.5 Å². The average Bonchev–Trinajstić information content (AvgIpc) is 2.35. The molecule has 0 fully saturated rings. The molecule has 5 heteroatoms. The van der Waals surface area contributed by atoms with Gasteiger partial charge in [0.25, 0.3) is 0 Å². The lowest BCUT2D eigenvalue weighted by atomic mass is 10.2. The smallest absolute Gasteiger partial charge is 0.228 e. The Bertz CT molecular complexity index is 560. The molecule has 0 spiro atoms. The summed E-state index contributed by atoms with van der Waals surface area (Å²) in [6, 6.07) is 7.72. The second-order valence-corrected chi connectivity index (χ2v) is 4.56. The molecule has 0 saturated heterocycles. The fraction of sp³-hybridized carbons (Fsp3) is 0.0769. The number of aromatic nitrogens is 1. The van der Waals surface area contributed by atoms with Crippen LogP contribution in [0.5, 0.6) is 0 Å². The van der Waals surface area contributed by atoms with Gasteiger partial charge >= 0.3 is 0 Å². The minimum Gasteiger partial charge on any atom is -0.325 e. The van der Waals surface area contributed by atoms with Gasteiger partial charge in [0.1, 0.15) is 5.82 Å². The number of benzene rings is 1. The largest absolute Gasteiger partial charge is 0.325 e. The van der Waals surface area contributed by atoms with E-state index in [4.69, 9.17) is 0 Å². The van der Waals surface area contributed by atoms with E-state index in [9.17, 15) is 9.18 Å². The lowest BCUT2D eigenvalue weighted by Gasteiger charge is -2.07. The van der Waals surface area contributed by atoms with Crippen LogP contribution in [-0.2, 0) is 11.2 Å². The van der Waals surface area contributed by atoms with Gasteiger partial charge in [0.15, 0.2) is 0 Å². The number of anilines is 1. The van der Waals surface area contributed by atoms with Gasteiger partial charge in [0.05, 0.1) is 12.1 Å². The van der Waals surface area contributed by atoms with Gasteiger partial charge in [-0.25, -0.2) is 4.39 Å². The first-order chi connectivity index (χ1) is 8.65. The zero-order valence-corrected chi connectivity index (χ0v) is 10.9. The van der Waals surface area contributed by atoms with Gasteiger partial charge in [-0.3, -0.25) is 9.78 Å². The molecule has 92 valence electrons. The third kappa shape index (κ3) is 3.37. The van der Waals surface area contributed by atoms with Gasteiger partial charge < -0.3 is 5.32 Å². The SMILES string of the molecule is O=C(Cc1cccnc1)Nc1cc(F)ccc1Br. The normalized spacial score (nSPS) is 10.1. The Hall–Kier alpha value is -1.75. The molecule has 0 atom stereocenters. The fourth-order valence-corrected chi connectivity index (χ4v) is 1.82. The van der Waals surface area contributed by atoms with Crippen molar-refractivity contribution in [2.75, 3.05) is 5.32 Å². The van der Waals surface area contributed by atoms with E-state index >= 15 is 0 Å².